The highest BCUT2D eigenvalue weighted by molar-refractivity contribution is 6.15. The van der Waals surface area contributed by atoms with Crippen molar-refractivity contribution in [2.75, 3.05) is 66.4 Å². The molecule has 1 aliphatic heterocycles. The lowest BCUT2D eigenvalue weighted by Gasteiger charge is -2.22. The fourth-order valence-corrected chi connectivity index (χ4v) is 6.07. The Bertz CT molecular complexity index is 1400. The van der Waals surface area contributed by atoms with Gasteiger partial charge in [-0.05, 0) is 70.4 Å². The first-order valence-corrected chi connectivity index (χ1v) is 16.5. The van der Waals surface area contributed by atoms with Crippen LogP contribution in [-0.2, 0) is 20.8 Å². The third-order valence-electron chi connectivity index (χ3n) is 8.31. The minimum atomic E-state index is 0.432. The van der Waals surface area contributed by atoms with E-state index < -0.39 is 0 Å². The molecule has 0 aliphatic carbocycles. The molecule has 0 amide bonds. The van der Waals surface area contributed by atoms with Crippen LogP contribution in [-0.4, -0.2) is 71.3 Å². The molecule has 6 heteroatoms. The molecule has 0 aromatic heterocycles. The maximum atomic E-state index is 6.26. The van der Waals surface area contributed by atoms with Gasteiger partial charge in [-0.15, -0.1) is 0 Å². The van der Waals surface area contributed by atoms with Crippen LogP contribution in [0.2, 0.25) is 0 Å². The average molecular weight is 600 g/mol. The molecule has 0 radical (unpaired) electrons. The van der Waals surface area contributed by atoms with E-state index in [9.17, 15) is 0 Å². The summed E-state index contributed by atoms with van der Waals surface area (Å²) in [6.07, 6.45) is 7.90. The van der Waals surface area contributed by atoms with E-state index in [1.807, 2.05) is 6.07 Å². The summed E-state index contributed by atoms with van der Waals surface area (Å²) in [4.78, 5) is 2.49. The van der Waals surface area contributed by atoms with Crippen molar-refractivity contribution in [3.05, 3.63) is 72.3 Å². The third-order valence-corrected chi connectivity index (χ3v) is 8.31. The van der Waals surface area contributed by atoms with Gasteiger partial charge in [0.25, 0.3) is 0 Å². The molecule has 0 fully saturated rings. The van der Waals surface area contributed by atoms with E-state index in [-0.39, 0.29) is 0 Å². The van der Waals surface area contributed by atoms with E-state index in [1.54, 1.807) is 0 Å². The number of unbranched alkanes of at least 4 members (excludes halogenated alkanes) is 5. The normalized spacial score (nSPS) is 15.3. The molecule has 1 aliphatic rings. The zero-order chi connectivity index (χ0) is 30.4. The van der Waals surface area contributed by atoms with Crippen LogP contribution in [0.3, 0.4) is 0 Å². The molecule has 0 unspecified atom stereocenters. The van der Waals surface area contributed by atoms with E-state index >= 15 is 0 Å². The smallest absolute Gasteiger partial charge is 0.161 e. The van der Waals surface area contributed by atoms with E-state index in [4.69, 9.17) is 23.7 Å². The van der Waals surface area contributed by atoms with Crippen LogP contribution in [0.5, 0.6) is 11.5 Å². The Kier molecular flexibility index (Phi) is 12.7. The van der Waals surface area contributed by atoms with Gasteiger partial charge in [-0.25, -0.2) is 0 Å². The molecule has 236 valence electrons. The number of rotatable bonds is 10. The van der Waals surface area contributed by atoms with Gasteiger partial charge in [-0.3, -0.25) is 0 Å². The van der Waals surface area contributed by atoms with E-state index in [2.05, 4.69) is 79.5 Å². The zero-order valence-corrected chi connectivity index (χ0v) is 26.7. The van der Waals surface area contributed by atoms with Crippen LogP contribution in [0.4, 0.5) is 0 Å². The maximum absolute atomic E-state index is 6.26. The Labute approximate surface area is 263 Å². The van der Waals surface area contributed by atoms with Crippen molar-refractivity contribution in [2.24, 2.45) is 0 Å². The monoisotopic (exact) mass is 599 g/mol. The summed E-state index contributed by atoms with van der Waals surface area (Å²) in [5, 5.41) is 5.11. The first kappa shape index (κ1) is 32.2. The predicted octanol–water partition coefficient (Wildman–Crippen LogP) is 8.27. The lowest BCUT2D eigenvalue weighted by atomic mass is 9.88. The number of hydrogen-bond acceptors (Lipinski definition) is 6. The molecule has 1 heterocycles. The van der Waals surface area contributed by atoms with Crippen LogP contribution < -0.4 is 9.47 Å². The van der Waals surface area contributed by atoms with Crippen molar-refractivity contribution in [1.29, 1.82) is 0 Å². The molecular formula is C38H49NO5. The first-order chi connectivity index (χ1) is 21.8. The van der Waals surface area contributed by atoms with E-state index in [1.165, 1.54) is 71.2 Å². The number of benzene rings is 4. The van der Waals surface area contributed by atoms with Crippen LogP contribution in [0.15, 0.2) is 66.7 Å². The summed E-state index contributed by atoms with van der Waals surface area (Å²) in [6, 6.07) is 24.0. The van der Waals surface area contributed by atoms with Gasteiger partial charge >= 0.3 is 0 Å². The fourth-order valence-electron chi connectivity index (χ4n) is 6.07. The van der Waals surface area contributed by atoms with Gasteiger partial charge in [0.05, 0.1) is 39.6 Å². The van der Waals surface area contributed by atoms with Gasteiger partial charge in [0.1, 0.15) is 13.2 Å². The second kappa shape index (κ2) is 17.4. The number of nitrogens with zero attached hydrogens (tertiary/aromatic N) is 1. The minimum absolute atomic E-state index is 0.432. The van der Waals surface area contributed by atoms with Gasteiger partial charge in [-0.1, -0.05) is 93.6 Å². The summed E-state index contributed by atoms with van der Waals surface area (Å²) in [5.41, 5.74) is 3.72. The minimum Gasteiger partial charge on any atom is -0.487 e. The summed E-state index contributed by atoms with van der Waals surface area (Å²) in [7, 11) is 2.26. The molecule has 0 N–H and O–H groups in total. The Balaban J connectivity index is 1.45. The number of hydrogen-bond donors (Lipinski definition) is 0. The Morgan fingerprint density at radius 1 is 0.568 bits per heavy atom. The average Bonchev–Trinajstić information content (AvgIpc) is 3.06. The number of fused-ring (bicyclic) bond motifs is 3. The molecule has 4 aromatic carbocycles. The van der Waals surface area contributed by atoms with Crippen LogP contribution in [0.25, 0.3) is 32.7 Å². The second-order valence-electron chi connectivity index (χ2n) is 11.6. The van der Waals surface area contributed by atoms with Gasteiger partial charge in [0.2, 0.25) is 0 Å². The molecule has 4 aromatic rings. The van der Waals surface area contributed by atoms with Crippen molar-refractivity contribution >= 4 is 21.5 Å². The molecule has 6 nitrogen and oxygen atoms in total. The SMILES string of the molecule is CCCCCCCCN(C)Cc1c2ccccc2c(-c2ccc3c(c2)OCCOCCOCCOCCO3)c2ccccc12. The van der Waals surface area contributed by atoms with Gasteiger partial charge in [0, 0.05) is 6.54 Å². The Morgan fingerprint density at radius 2 is 1.09 bits per heavy atom. The van der Waals surface area contributed by atoms with Crippen molar-refractivity contribution in [3.8, 4) is 22.6 Å². The molecule has 5 rings (SSSR count). The van der Waals surface area contributed by atoms with Crippen LogP contribution in [0.1, 0.15) is 51.0 Å². The number of ether oxygens (including phenoxy) is 5. The highest BCUT2D eigenvalue weighted by Crippen LogP contribution is 2.42. The highest BCUT2D eigenvalue weighted by atomic mass is 16.6. The molecule has 44 heavy (non-hydrogen) atoms. The molecule has 0 bridgehead atoms. The lowest BCUT2D eigenvalue weighted by molar-refractivity contribution is 0.00708. The largest absolute Gasteiger partial charge is 0.487 e. The molecule has 0 saturated heterocycles. The zero-order valence-electron chi connectivity index (χ0n) is 26.7. The van der Waals surface area contributed by atoms with E-state index in [0.29, 0.717) is 64.4 Å². The van der Waals surface area contributed by atoms with Gasteiger partial charge in [0.15, 0.2) is 11.5 Å². The van der Waals surface area contributed by atoms with Crippen LogP contribution >= 0.6 is 0 Å². The van der Waals surface area contributed by atoms with Crippen molar-refractivity contribution < 1.29 is 23.7 Å². The summed E-state index contributed by atoms with van der Waals surface area (Å²) >= 11 is 0. The molecule has 0 spiro atoms. The lowest BCUT2D eigenvalue weighted by Crippen LogP contribution is -2.19. The fraction of sp³-hybridized carbons (Fsp3) is 0.474. The van der Waals surface area contributed by atoms with Crippen molar-refractivity contribution in [1.82, 2.24) is 4.90 Å². The molecule has 0 atom stereocenters. The van der Waals surface area contributed by atoms with E-state index in [0.717, 1.165) is 18.7 Å². The Morgan fingerprint density at radius 3 is 1.70 bits per heavy atom. The summed E-state index contributed by atoms with van der Waals surface area (Å²) in [5.74, 6) is 1.43. The predicted molar refractivity (Wildman–Crippen MR) is 180 cm³/mol. The van der Waals surface area contributed by atoms with Crippen molar-refractivity contribution in [2.45, 2.75) is 52.0 Å². The Hall–Kier alpha value is -3.16. The van der Waals surface area contributed by atoms with Crippen LogP contribution in [0, 0.1) is 0 Å². The third kappa shape index (κ3) is 8.72. The van der Waals surface area contributed by atoms with Gasteiger partial charge < -0.3 is 28.6 Å². The summed E-state index contributed by atoms with van der Waals surface area (Å²) < 4.78 is 29.3. The molecular weight excluding hydrogens is 550 g/mol. The second-order valence-corrected chi connectivity index (χ2v) is 11.6. The van der Waals surface area contributed by atoms with Gasteiger partial charge in [-0.2, -0.15) is 0 Å². The first-order valence-electron chi connectivity index (χ1n) is 16.5. The highest BCUT2D eigenvalue weighted by Gasteiger charge is 2.18. The maximum Gasteiger partial charge on any atom is 0.161 e. The standard InChI is InChI=1S/C38H49NO5/c1-3-4-5-6-7-12-19-39(2)29-35-31-13-8-10-15-33(31)38(34-16-11-9-14-32(34)35)30-17-18-36-37(28-30)44-27-25-42-23-21-40-20-22-41-24-26-43-36/h8-11,13-18,28H,3-7,12,19-27,29H2,1-2H3. The molecule has 0 saturated carbocycles. The topological polar surface area (TPSA) is 49.4 Å². The van der Waals surface area contributed by atoms with Crippen molar-refractivity contribution in [3.63, 3.8) is 0 Å². The summed E-state index contributed by atoms with van der Waals surface area (Å²) in [6.45, 7) is 8.33. The quantitative estimate of drug-likeness (QED) is 0.135.